The van der Waals surface area contributed by atoms with Crippen molar-refractivity contribution in [1.29, 1.82) is 0 Å². The van der Waals surface area contributed by atoms with Gasteiger partial charge in [0.2, 0.25) is 0 Å². The fraction of sp³-hybridized carbons (Fsp3) is 0.118. The molecule has 0 N–H and O–H groups in total. The van der Waals surface area contributed by atoms with Gasteiger partial charge < -0.3 is 18.3 Å². The average Bonchev–Trinajstić information content (AvgIpc) is 4.08. The van der Waals surface area contributed by atoms with Crippen LogP contribution in [0.5, 0.6) is 0 Å². The Labute approximate surface area is 424 Å². The van der Waals surface area contributed by atoms with E-state index in [0.29, 0.717) is 0 Å². The van der Waals surface area contributed by atoms with Crippen LogP contribution in [0.4, 0.5) is 17.1 Å². The molecule has 348 valence electrons. The SMILES string of the molecule is CC(C)(C)c1cccc(-c2cccc(-c3cccc(C(C)(C)C)c3)c2N2c3cc4c(cc3B3c5c2cc(-c2ccccc2)cc5-n2c5ccccc5c5cc6c(oc7ccccc76)c3c52)oc2ccccc24)c1. The maximum absolute atomic E-state index is 7.21. The van der Waals surface area contributed by atoms with Gasteiger partial charge in [0, 0.05) is 60.5 Å². The number of rotatable bonds is 4. The molecule has 0 unspecified atom stereocenters. The van der Waals surface area contributed by atoms with E-state index in [-0.39, 0.29) is 17.5 Å². The molecule has 4 nitrogen and oxygen atoms in total. The third kappa shape index (κ3) is 6.09. The lowest BCUT2D eigenvalue weighted by molar-refractivity contribution is 0.590. The fourth-order valence-electron chi connectivity index (χ4n) is 12.5. The predicted octanol–water partition coefficient (Wildman–Crippen LogP) is 16.8. The Morgan fingerprint density at radius 1 is 0.384 bits per heavy atom. The average molecular weight is 939 g/mol. The maximum atomic E-state index is 7.21. The number of aromatic nitrogens is 1. The van der Waals surface area contributed by atoms with Crippen molar-refractivity contribution in [1.82, 2.24) is 4.57 Å². The van der Waals surface area contributed by atoms with Crippen LogP contribution in [0, 0.1) is 0 Å². The van der Waals surface area contributed by atoms with E-state index in [1.807, 2.05) is 0 Å². The largest absolute Gasteiger partial charge is 0.457 e. The van der Waals surface area contributed by atoms with Crippen LogP contribution in [0.1, 0.15) is 52.7 Å². The van der Waals surface area contributed by atoms with Gasteiger partial charge in [-0.3, -0.25) is 0 Å². The molecule has 10 aromatic carbocycles. The van der Waals surface area contributed by atoms with Crippen LogP contribution >= 0.6 is 0 Å². The quantitative estimate of drug-likeness (QED) is 0.165. The van der Waals surface area contributed by atoms with Crippen LogP contribution in [-0.4, -0.2) is 11.3 Å². The van der Waals surface area contributed by atoms with Crippen LogP contribution in [0.15, 0.2) is 209 Å². The number of benzene rings is 10. The lowest BCUT2D eigenvalue weighted by Gasteiger charge is -2.42. The molecule has 15 rings (SSSR count). The second-order valence-electron chi connectivity index (χ2n) is 22.4. The Morgan fingerprint density at radius 2 is 0.959 bits per heavy atom. The Hall–Kier alpha value is -8.54. The van der Waals surface area contributed by atoms with Crippen LogP contribution in [-0.2, 0) is 10.8 Å². The van der Waals surface area contributed by atoms with Gasteiger partial charge >= 0.3 is 0 Å². The van der Waals surface area contributed by atoms with Crippen LogP contribution in [0.25, 0.3) is 105 Å². The summed E-state index contributed by atoms with van der Waals surface area (Å²) in [7, 11) is 0. The third-order valence-electron chi connectivity index (χ3n) is 16.1. The van der Waals surface area contributed by atoms with Gasteiger partial charge in [-0.15, -0.1) is 0 Å². The number of hydrogen-bond donors (Lipinski definition) is 0. The zero-order chi connectivity index (χ0) is 49.1. The van der Waals surface area contributed by atoms with Crippen molar-refractivity contribution in [2.75, 3.05) is 4.90 Å². The van der Waals surface area contributed by atoms with Crippen molar-refractivity contribution in [2.45, 2.75) is 52.4 Å². The molecular formula is C68H51BN2O2. The smallest absolute Gasteiger partial charge is 0.257 e. The number of hydrogen-bond acceptors (Lipinski definition) is 3. The summed E-state index contributed by atoms with van der Waals surface area (Å²) in [5.74, 6) is 0. The van der Waals surface area contributed by atoms with Gasteiger partial charge in [0.25, 0.3) is 6.71 Å². The van der Waals surface area contributed by atoms with E-state index >= 15 is 0 Å². The molecule has 5 heterocycles. The topological polar surface area (TPSA) is 34.5 Å². The van der Waals surface area contributed by atoms with Gasteiger partial charge in [0.05, 0.1) is 16.7 Å². The number of anilines is 3. The molecule has 0 bridgehead atoms. The van der Waals surface area contributed by atoms with E-state index in [9.17, 15) is 0 Å². The molecule has 0 amide bonds. The molecule has 2 aliphatic rings. The van der Waals surface area contributed by atoms with E-state index in [0.717, 1.165) is 83.2 Å². The first-order chi connectivity index (χ1) is 35.5. The minimum Gasteiger partial charge on any atom is -0.457 e. The maximum Gasteiger partial charge on any atom is 0.257 e. The minimum atomic E-state index is -0.230. The van der Waals surface area contributed by atoms with E-state index in [4.69, 9.17) is 8.83 Å². The van der Waals surface area contributed by atoms with Gasteiger partial charge in [-0.05, 0) is 109 Å². The highest BCUT2D eigenvalue weighted by atomic mass is 16.3. The second-order valence-corrected chi connectivity index (χ2v) is 22.4. The minimum absolute atomic E-state index is 0.0585. The molecule has 3 aromatic heterocycles. The van der Waals surface area contributed by atoms with Gasteiger partial charge in [-0.1, -0.05) is 193 Å². The van der Waals surface area contributed by atoms with Crippen LogP contribution in [0.3, 0.4) is 0 Å². The summed E-state index contributed by atoms with van der Waals surface area (Å²) in [6.07, 6.45) is 0. The van der Waals surface area contributed by atoms with Crippen molar-refractivity contribution in [3.8, 4) is 39.1 Å². The van der Waals surface area contributed by atoms with Crippen LogP contribution < -0.4 is 21.3 Å². The van der Waals surface area contributed by atoms with Crippen molar-refractivity contribution in [2.24, 2.45) is 0 Å². The highest BCUT2D eigenvalue weighted by Crippen LogP contribution is 2.52. The molecule has 73 heavy (non-hydrogen) atoms. The van der Waals surface area contributed by atoms with E-state index in [2.05, 4.69) is 251 Å². The lowest BCUT2D eigenvalue weighted by Crippen LogP contribution is -2.60. The van der Waals surface area contributed by atoms with Gasteiger partial charge in [0.1, 0.15) is 22.3 Å². The molecule has 13 aromatic rings. The molecule has 2 aliphatic heterocycles. The van der Waals surface area contributed by atoms with E-state index in [1.54, 1.807) is 0 Å². The summed E-state index contributed by atoms with van der Waals surface area (Å²) < 4.78 is 16.7. The summed E-state index contributed by atoms with van der Waals surface area (Å²) in [6, 6.07) is 74.5. The third-order valence-corrected chi connectivity index (χ3v) is 16.1. The number of furan rings is 2. The molecule has 0 spiro atoms. The lowest BCUT2D eigenvalue weighted by atomic mass is 9.33. The zero-order valence-electron chi connectivity index (χ0n) is 41.8. The molecular weight excluding hydrogens is 888 g/mol. The molecule has 5 heteroatoms. The van der Waals surface area contributed by atoms with Crippen LogP contribution in [0.2, 0.25) is 0 Å². The summed E-state index contributed by atoms with van der Waals surface area (Å²) in [5.41, 5.74) is 23.5. The Kier molecular flexibility index (Phi) is 8.67. The first kappa shape index (κ1) is 42.2. The molecule has 0 radical (unpaired) electrons. The first-order valence-electron chi connectivity index (χ1n) is 25.7. The zero-order valence-corrected chi connectivity index (χ0v) is 41.8. The van der Waals surface area contributed by atoms with Gasteiger partial charge in [-0.25, -0.2) is 0 Å². The summed E-state index contributed by atoms with van der Waals surface area (Å²) in [5, 5.41) is 6.88. The van der Waals surface area contributed by atoms with Crippen molar-refractivity contribution in [3.05, 3.63) is 211 Å². The summed E-state index contributed by atoms with van der Waals surface area (Å²) in [6.45, 7) is 13.6. The van der Waals surface area contributed by atoms with Crippen molar-refractivity contribution >= 4 is 106 Å². The normalized spacial score (nSPS) is 13.3. The summed E-state index contributed by atoms with van der Waals surface area (Å²) >= 11 is 0. The van der Waals surface area contributed by atoms with Gasteiger partial charge in [-0.2, -0.15) is 0 Å². The molecule has 0 aliphatic carbocycles. The second kappa shape index (κ2) is 15.0. The Morgan fingerprint density at radius 3 is 1.64 bits per heavy atom. The molecule has 0 saturated heterocycles. The first-order valence-corrected chi connectivity index (χ1v) is 25.7. The Bertz CT molecular complexity index is 4400. The molecule has 0 fully saturated rings. The number of fused-ring (bicyclic) bond motifs is 14. The molecule has 0 saturated carbocycles. The highest BCUT2D eigenvalue weighted by Gasteiger charge is 2.46. The Balaban J connectivity index is 1.16. The van der Waals surface area contributed by atoms with Crippen molar-refractivity contribution in [3.63, 3.8) is 0 Å². The van der Waals surface area contributed by atoms with Crippen molar-refractivity contribution < 1.29 is 8.83 Å². The summed E-state index contributed by atoms with van der Waals surface area (Å²) in [4.78, 5) is 2.64. The number of nitrogens with zero attached hydrogens (tertiary/aromatic N) is 2. The standard InChI is InChI=1S/C68H51BN2O2/c1-67(2,3)44-23-16-21-41(33-44)46-28-18-29-47(42-22-17-24-45(34-42)68(4,5)6)64(46)71-56-38-51-49-26-11-14-31-59(49)72-61(51)39-54(56)69-62-57(35-43(36-58(62)71)40-19-8-7-9-20-40)70-55-30-13-10-25-48(55)52-37-53-50-27-12-15-32-60(50)73-66(53)63(69)65(52)70/h7-39H,1-6H3. The highest BCUT2D eigenvalue weighted by molar-refractivity contribution is 7.01. The monoisotopic (exact) mass is 938 g/mol. The van der Waals surface area contributed by atoms with Gasteiger partial charge in [0.15, 0.2) is 0 Å². The number of para-hydroxylation sites is 4. The van der Waals surface area contributed by atoms with E-state index < -0.39 is 0 Å². The fourth-order valence-corrected chi connectivity index (χ4v) is 12.5. The molecule has 0 atom stereocenters. The predicted molar refractivity (Wildman–Crippen MR) is 308 cm³/mol. The van der Waals surface area contributed by atoms with E-state index in [1.165, 1.54) is 66.1 Å².